The molecule has 0 fully saturated rings. The molecule has 0 aliphatic carbocycles. The van der Waals surface area contributed by atoms with Crippen molar-refractivity contribution in [2.75, 3.05) is 27.2 Å². The first-order chi connectivity index (χ1) is 23.8. The summed E-state index contributed by atoms with van der Waals surface area (Å²) in [6, 6.07) is 28.5. The molecule has 0 bridgehead atoms. The summed E-state index contributed by atoms with van der Waals surface area (Å²) in [5, 5.41) is 23.0. The zero-order valence-electron chi connectivity index (χ0n) is 35.6. The van der Waals surface area contributed by atoms with Crippen molar-refractivity contribution in [3.05, 3.63) is 143 Å². The first kappa shape index (κ1) is 48.0. The van der Waals surface area contributed by atoms with Gasteiger partial charge in [-0.2, -0.15) is 49.2 Å². The monoisotopic (exact) mass is 796 g/mol. The largest absolute Gasteiger partial charge is 4.00 e. The zero-order chi connectivity index (χ0) is 39.7. The molecule has 4 aromatic carbocycles. The molecule has 0 atom stereocenters. The number of aromatic hydroxyl groups is 2. The van der Waals surface area contributed by atoms with E-state index in [2.05, 4.69) is 145 Å². The molecule has 0 aromatic heterocycles. The van der Waals surface area contributed by atoms with Crippen LogP contribution in [0.2, 0.25) is 0 Å². The van der Waals surface area contributed by atoms with Crippen LogP contribution in [0.1, 0.15) is 128 Å². The van der Waals surface area contributed by atoms with E-state index in [9.17, 15) is 10.2 Å². The molecule has 0 saturated carbocycles. The third-order valence-corrected chi connectivity index (χ3v) is 9.06. The molecule has 0 aliphatic heterocycles. The minimum Gasteiger partial charge on any atom is -0.507 e. The number of hydrogen-bond donors (Lipinski definition) is 2. The minimum atomic E-state index is -0.171. The topological polar surface area (TPSA) is 46.9 Å². The molecule has 0 aliphatic rings. The molecular weight excluding hydrogens is 728 g/mol. The van der Waals surface area contributed by atoms with E-state index in [1.807, 2.05) is 60.7 Å². The molecule has 0 heterocycles. The second-order valence-electron chi connectivity index (χ2n) is 18.5. The Morgan fingerprint density at radius 2 is 0.811 bits per heavy atom. The summed E-state index contributed by atoms with van der Waals surface area (Å²) >= 11 is 0. The van der Waals surface area contributed by atoms with Gasteiger partial charge in [-0.3, -0.25) is 4.90 Å². The number of rotatable bonds is 7. The maximum Gasteiger partial charge on any atom is 4.00 e. The van der Waals surface area contributed by atoms with Crippen LogP contribution in [0.5, 0.6) is 11.5 Å². The van der Waals surface area contributed by atoms with E-state index < -0.39 is 0 Å². The van der Waals surface area contributed by atoms with Gasteiger partial charge in [0.15, 0.2) is 0 Å². The Balaban J connectivity index is 0.000000770. The summed E-state index contributed by atoms with van der Waals surface area (Å²) in [7, 11) is 4.17. The Morgan fingerprint density at radius 3 is 1.04 bits per heavy atom. The Bertz CT molecular complexity index is 1550. The van der Waals surface area contributed by atoms with Crippen LogP contribution >= 0.6 is 0 Å². The summed E-state index contributed by atoms with van der Waals surface area (Å²) in [5.41, 5.74) is 8.07. The molecule has 2 N–H and O–H groups in total. The fourth-order valence-corrected chi connectivity index (χ4v) is 5.63. The van der Waals surface area contributed by atoms with Crippen molar-refractivity contribution in [3.8, 4) is 11.5 Å². The predicted octanol–water partition coefficient (Wildman–Crippen LogP) is 11.6. The zero-order valence-corrected chi connectivity index (χ0v) is 38.1. The molecule has 4 aromatic rings. The van der Waals surface area contributed by atoms with E-state index >= 15 is 0 Å². The van der Waals surface area contributed by atoms with Crippen LogP contribution in [-0.2, 0) is 61.0 Å². The Hall–Kier alpha value is -2.98. The van der Waals surface area contributed by atoms with Crippen molar-refractivity contribution in [2.45, 2.75) is 118 Å². The van der Waals surface area contributed by atoms with Crippen molar-refractivity contribution in [3.63, 3.8) is 0 Å². The van der Waals surface area contributed by atoms with Crippen molar-refractivity contribution < 1.29 is 36.4 Å². The average Bonchev–Trinajstić information content (AvgIpc) is 3.00. The second kappa shape index (κ2) is 20.1. The van der Waals surface area contributed by atoms with Gasteiger partial charge in [-0.25, -0.2) is 0 Å². The Morgan fingerprint density at radius 1 is 0.491 bits per heavy atom. The van der Waals surface area contributed by atoms with Gasteiger partial charge in [0.25, 0.3) is 0 Å². The standard InChI is InChI=1S/C34H56N2O2.2C7H7.Zr/c1-31(2,3)25-17-23(29(37)27(19-25)33(7,8)9)21-36(16-15-35(13)14)22-24-18-26(32(4,5)6)20-28(30(24)38)34(10,11)12;2*1-7-5-3-2-4-6-7;/h17-20,37-38H,15-16,21-22H2,1-14H3;2*2-6H,1H2;/q;2*-1;+4. The summed E-state index contributed by atoms with van der Waals surface area (Å²) in [4.78, 5) is 4.55. The van der Waals surface area contributed by atoms with Gasteiger partial charge >= 0.3 is 26.2 Å². The second-order valence-corrected chi connectivity index (χ2v) is 18.5. The first-order valence-corrected chi connectivity index (χ1v) is 18.7. The van der Waals surface area contributed by atoms with Crippen molar-refractivity contribution in [1.29, 1.82) is 0 Å². The molecule has 0 unspecified atom stereocenters. The van der Waals surface area contributed by atoms with Gasteiger partial charge in [0.1, 0.15) is 11.5 Å². The molecule has 0 radical (unpaired) electrons. The summed E-state index contributed by atoms with van der Waals surface area (Å²) in [6.07, 6.45) is 0. The van der Waals surface area contributed by atoms with Gasteiger partial charge < -0.3 is 15.1 Å². The van der Waals surface area contributed by atoms with Crippen LogP contribution in [0.3, 0.4) is 0 Å². The van der Waals surface area contributed by atoms with E-state index in [1.54, 1.807) is 0 Å². The number of hydrogen-bond acceptors (Lipinski definition) is 4. The molecule has 4 rings (SSSR count). The van der Waals surface area contributed by atoms with E-state index in [0.29, 0.717) is 24.6 Å². The van der Waals surface area contributed by atoms with Crippen molar-refractivity contribution in [1.82, 2.24) is 9.80 Å². The number of likely N-dealkylation sites (N-methyl/N-ethyl adjacent to an activating group) is 1. The molecule has 0 saturated heterocycles. The van der Waals surface area contributed by atoms with Gasteiger partial charge in [0.2, 0.25) is 0 Å². The van der Waals surface area contributed by atoms with Crippen LogP contribution in [0.25, 0.3) is 0 Å². The van der Waals surface area contributed by atoms with Crippen LogP contribution in [-0.4, -0.2) is 47.2 Å². The molecule has 0 amide bonds. The van der Waals surface area contributed by atoms with Gasteiger partial charge in [0.05, 0.1) is 0 Å². The van der Waals surface area contributed by atoms with Gasteiger partial charge in [-0.1, -0.05) is 119 Å². The summed E-state index contributed by atoms with van der Waals surface area (Å²) in [6.45, 7) is 36.7. The maximum atomic E-state index is 11.5. The quantitative estimate of drug-likeness (QED) is 0.183. The summed E-state index contributed by atoms with van der Waals surface area (Å²) in [5.74, 6) is 0.784. The molecule has 0 spiro atoms. The van der Waals surface area contributed by atoms with E-state index in [4.69, 9.17) is 0 Å². The Kier molecular flexibility index (Phi) is 18.2. The maximum absolute atomic E-state index is 11.5. The van der Waals surface area contributed by atoms with Gasteiger partial charge in [0, 0.05) is 37.3 Å². The number of benzene rings is 4. The van der Waals surface area contributed by atoms with E-state index in [0.717, 1.165) is 46.5 Å². The molecule has 5 heteroatoms. The van der Waals surface area contributed by atoms with E-state index in [1.165, 1.54) is 11.1 Å². The fourth-order valence-electron chi connectivity index (χ4n) is 5.63. The third-order valence-electron chi connectivity index (χ3n) is 9.06. The molecule has 286 valence electrons. The SMILES string of the molecule is CN(C)CCN(Cc1cc(C(C)(C)C)cc(C(C)(C)C)c1O)Cc1cc(C(C)(C)C)cc(C(C)(C)C)c1O.[CH2-]c1ccccc1.[CH2-]c1ccccc1.[Zr+4]. The molecule has 53 heavy (non-hydrogen) atoms. The normalized spacial score (nSPS) is 12.0. The smallest absolute Gasteiger partial charge is 0.507 e. The average molecular weight is 798 g/mol. The number of phenolic OH excluding ortho intramolecular Hbond substituents is 2. The third kappa shape index (κ3) is 16.1. The van der Waals surface area contributed by atoms with E-state index in [-0.39, 0.29) is 47.9 Å². The number of phenols is 2. The van der Waals surface area contributed by atoms with Crippen molar-refractivity contribution in [2.24, 2.45) is 0 Å². The minimum absolute atomic E-state index is 0. The number of nitrogens with zero attached hydrogens (tertiary/aromatic N) is 2. The predicted molar refractivity (Wildman–Crippen MR) is 225 cm³/mol. The Labute approximate surface area is 344 Å². The van der Waals surface area contributed by atoms with Crippen LogP contribution in [0.15, 0.2) is 84.9 Å². The van der Waals surface area contributed by atoms with Crippen molar-refractivity contribution >= 4 is 0 Å². The molecular formula is C48H70N2O2Zr+2. The molecule has 4 nitrogen and oxygen atoms in total. The van der Waals surface area contributed by atoms with Crippen LogP contribution in [0.4, 0.5) is 0 Å². The van der Waals surface area contributed by atoms with Crippen LogP contribution < -0.4 is 0 Å². The van der Waals surface area contributed by atoms with Crippen LogP contribution in [0, 0.1) is 13.8 Å². The fraction of sp³-hybridized carbons (Fsp3) is 0.458. The van der Waals surface area contributed by atoms with Gasteiger partial charge in [-0.15, -0.1) is 24.3 Å². The van der Waals surface area contributed by atoms with Gasteiger partial charge in [-0.05, 0) is 58.0 Å². The first-order valence-electron chi connectivity index (χ1n) is 18.7. The summed E-state index contributed by atoms with van der Waals surface area (Å²) < 4.78 is 0.